The van der Waals surface area contributed by atoms with Crippen LogP contribution in [0.1, 0.15) is 29.3 Å². The van der Waals surface area contributed by atoms with Gasteiger partial charge in [-0.05, 0) is 46.6 Å². The van der Waals surface area contributed by atoms with Crippen LogP contribution in [0.5, 0.6) is 5.88 Å². The van der Waals surface area contributed by atoms with Crippen molar-refractivity contribution in [3.63, 3.8) is 0 Å². The molecule has 0 fully saturated rings. The largest absolute Gasteiger partial charge is 0.492 e. The van der Waals surface area contributed by atoms with Crippen LogP contribution in [0.3, 0.4) is 0 Å². The van der Waals surface area contributed by atoms with Crippen LogP contribution >= 0.6 is 22.6 Å². The van der Waals surface area contributed by atoms with Gasteiger partial charge in [-0.1, -0.05) is 24.3 Å². The summed E-state index contributed by atoms with van der Waals surface area (Å²) >= 11 is 1.79. The molecule has 0 aliphatic heterocycles. The quantitative estimate of drug-likeness (QED) is 0.772. The van der Waals surface area contributed by atoms with Gasteiger partial charge in [-0.25, -0.2) is 0 Å². The summed E-state index contributed by atoms with van der Waals surface area (Å²) in [6, 6.07) is 8.16. The second-order valence-electron chi connectivity index (χ2n) is 4.38. The van der Waals surface area contributed by atoms with Gasteiger partial charge in [0.05, 0.1) is 0 Å². The lowest BCUT2D eigenvalue weighted by Crippen LogP contribution is -2.16. The average Bonchev–Trinajstić information content (AvgIpc) is 2.79. The van der Waals surface area contributed by atoms with Gasteiger partial charge >= 0.3 is 0 Å². The first kappa shape index (κ1) is 11.7. The van der Waals surface area contributed by atoms with E-state index in [0.717, 1.165) is 12.8 Å². The minimum absolute atomic E-state index is 0.0804. The van der Waals surface area contributed by atoms with Gasteiger partial charge in [0, 0.05) is 5.92 Å². The number of hydrogen-bond donors (Lipinski definition) is 2. The fourth-order valence-electron chi connectivity index (χ4n) is 2.47. The van der Waals surface area contributed by atoms with E-state index in [4.69, 9.17) is 0 Å². The lowest BCUT2D eigenvalue weighted by atomic mass is 10.0. The average molecular weight is 354 g/mol. The van der Waals surface area contributed by atoms with Crippen LogP contribution in [0.4, 0.5) is 0 Å². The molecule has 2 aromatic rings. The molecule has 0 saturated heterocycles. The van der Waals surface area contributed by atoms with E-state index in [0.29, 0.717) is 5.82 Å². The maximum absolute atomic E-state index is 11.7. The molecule has 0 bridgehead atoms. The number of aromatic nitrogens is 2. The first-order chi connectivity index (χ1) is 8.66. The SMILES string of the molecule is O=c1[nH]c(C2CCc3ccccc32)nc(O)c1I. The fraction of sp³-hybridized carbons (Fsp3) is 0.231. The second kappa shape index (κ2) is 4.38. The molecule has 92 valence electrons. The van der Waals surface area contributed by atoms with Crippen molar-refractivity contribution >= 4 is 22.6 Å². The molecule has 1 aliphatic rings. The number of rotatable bonds is 1. The predicted octanol–water partition coefficient (Wildman–Crippen LogP) is 2.16. The van der Waals surface area contributed by atoms with Gasteiger partial charge in [-0.3, -0.25) is 4.79 Å². The molecule has 0 amide bonds. The van der Waals surface area contributed by atoms with E-state index in [2.05, 4.69) is 22.1 Å². The summed E-state index contributed by atoms with van der Waals surface area (Å²) in [5, 5.41) is 9.65. The van der Waals surface area contributed by atoms with Crippen molar-refractivity contribution in [2.24, 2.45) is 0 Å². The van der Waals surface area contributed by atoms with Gasteiger partial charge in [-0.2, -0.15) is 4.98 Å². The summed E-state index contributed by atoms with van der Waals surface area (Å²) < 4.78 is 0.239. The molecule has 0 spiro atoms. The lowest BCUT2D eigenvalue weighted by Gasteiger charge is -2.11. The summed E-state index contributed by atoms with van der Waals surface area (Å²) in [5.41, 5.74) is 2.21. The van der Waals surface area contributed by atoms with Crippen molar-refractivity contribution in [3.8, 4) is 5.88 Å². The van der Waals surface area contributed by atoms with Crippen LogP contribution in [0.25, 0.3) is 0 Å². The molecule has 1 heterocycles. The first-order valence-corrected chi connectivity index (χ1v) is 6.81. The number of benzene rings is 1. The Morgan fingerprint density at radius 1 is 1.39 bits per heavy atom. The Morgan fingerprint density at radius 3 is 2.94 bits per heavy atom. The van der Waals surface area contributed by atoms with Crippen molar-refractivity contribution in [3.05, 3.63) is 55.1 Å². The molecule has 1 unspecified atom stereocenters. The molecule has 3 rings (SSSR count). The van der Waals surface area contributed by atoms with Gasteiger partial charge in [0.15, 0.2) is 0 Å². The van der Waals surface area contributed by atoms with E-state index in [1.54, 1.807) is 22.6 Å². The van der Waals surface area contributed by atoms with E-state index < -0.39 is 0 Å². The zero-order chi connectivity index (χ0) is 12.7. The fourth-order valence-corrected chi connectivity index (χ4v) is 2.73. The number of nitrogens with one attached hydrogen (secondary N) is 1. The molecule has 2 N–H and O–H groups in total. The number of H-pyrrole nitrogens is 1. The molecule has 1 aromatic carbocycles. The number of aromatic amines is 1. The van der Waals surface area contributed by atoms with Crippen LogP contribution in [0.15, 0.2) is 29.1 Å². The lowest BCUT2D eigenvalue weighted by molar-refractivity contribution is 0.441. The van der Waals surface area contributed by atoms with E-state index in [1.807, 2.05) is 12.1 Å². The van der Waals surface area contributed by atoms with Crippen molar-refractivity contribution in [1.82, 2.24) is 9.97 Å². The van der Waals surface area contributed by atoms with Crippen LogP contribution < -0.4 is 5.56 Å². The summed E-state index contributed by atoms with van der Waals surface area (Å²) in [5.74, 6) is 0.457. The van der Waals surface area contributed by atoms with Crippen LogP contribution in [0, 0.1) is 3.57 Å². The molecule has 5 heteroatoms. The van der Waals surface area contributed by atoms with Crippen LogP contribution in [-0.2, 0) is 6.42 Å². The molecule has 1 aliphatic carbocycles. The van der Waals surface area contributed by atoms with Gasteiger partial charge in [0.1, 0.15) is 9.39 Å². The Bertz CT molecular complexity index is 666. The van der Waals surface area contributed by atoms with E-state index >= 15 is 0 Å². The maximum atomic E-state index is 11.7. The normalized spacial score (nSPS) is 17.7. The topological polar surface area (TPSA) is 66.0 Å². The highest BCUT2D eigenvalue weighted by atomic mass is 127. The standard InChI is InChI=1S/C13H11IN2O2/c14-10-12(17)15-11(16-13(10)18)9-6-5-7-3-1-2-4-8(7)9/h1-4,9H,5-6H2,(H2,15,16,17,18). The molecule has 0 radical (unpaired) electrons. The Balaban J connectivity index is 2.11. The zero-order valence-electron chi connectivity index (χ0n) is 9.48. The number of hydrogen-bond acceptors (Lipinski definition) is 3. The summed E-state index contributed by atoms with van der Waals surface area (Å²) in [4.78, 5) is 18.5. The highest BCUT2D eigenvalue weighted by Crippen LogP contribution is 2.36. The monoisotopic (exact) mass is 354 g/mol. The van der Waals surface area contributed by atoms with Gasteiger partial charge < -0.3 is 10.1 Å². The zero-order valence-corrected chi connectivity index (χ0v) is 11.6. The second-order valence-corrected chi connectivity index (χ2v) is 5.46. The highest BCUT2D eigenvalue weighted by Gasteiger charge is 2.26. The number of aryl methyl sites for hydroxylation is 1. The molecule has 18 heavy (non-hydrogen) atoms. The molecular formula is C13H11IN2O2. The number of halogens is 1. The number of nitrogens with zero attached hydrogens (tertiary/aromatic N) is 1. The summed E-state index contributed by atoms with van der Waals surface area (Å²) in [6.07, 6.45) is 1.90. The number of aromatic hydroxyl groups is 1. The molecule has 1 atom stereocenters. The van der Waals surface area contributed by atoms with Crippen molar-refractivity contribution < 1.29 is 5.11 Å². The summed E-state index contributed by atoms with van der Waals surface area (Å²) in [7, 11) is 0. The van der Waals surface area contributed by atoms with Gasteiger partial charge in [0.25, 0.3) is 5.56 Å². The first-order valence-electron chi connectivity index (χ1n) is 5.73. The molecule has 0 saturated carbocycles. The number of fused-ring (bicyclic) bond motifs is 1. The highest BCUT2D eigenvalue weighted by molar-refractivity contribution is 14.1. The van der Waals surface area contributed by atoms with Gasteiger partial charge in [-0.15, -0.1) is 0 Å². The Morgan fingerprint density at radius 2 is 2.17 bits per heavy atom. The third-order valence-corrected chi connectivity index (χ3v) is 4.30. The minimum atomic E-state index is -0.275. The van der Waals surface area contributed by atoms with Crippen LogP contribution in [0.2, 0.25) is 0 Å². The van der Waals surface area contributed by atoms with Crippen molar-refractivity contribution in [2.75, 3.05) is 0 Å². The van der Waals surface area contributed by atoms with E-state index in [1.165, 1.54) is 11.1 Å². The van der Waals surface area contributed by atoms with Crippen molar-refractivity contribution in [1.29, 1.82) is 0 Å². The third-order valence-electron chi connectivity index (χ3n) is 3.33. The van der Waals surface area contributed by atoms with Crippen LogP contribution in [-0.4, -0.2) is 15.1 Å². The Hall–Kier alpha value is -1.37. The summed E-state index contributed by atoms with van der Waals surface area (Å²) in [6.45, 7) is 0. The predicted molar refractivity (Wildman–Crippen MR) is 75.8 cm³/mol. The van der Waals surface area contributed by atoms with E-state index in [9.17, 15) is 9.90 Å². The van der Waals surface area contributed by atoms with E-state index in [-0.39, 0.29) is 20.9 Å². The molecule has 1 aromatic heterocycles. The third kappa shape index (κ3) is 1.82. The van der Waals surface area contributed by atoms with Gasteiger partial charge in [0.2, 0.25) is 5.88 Å². The Labute approximate surface area is 117 Å². The molecular weight excluding hydrogens is 343 g/mol. The Kier molecular flexibility index (Phi) is 2.85. The van der Waals surface area contributed by atoms with Crippen molar-refractivity contribution in [2.45, 2.75) is 18.8 Å². The molecule has 4 nitrogen and oxygen atoms in total. The maximum Gasteiger partial charge on any atom is 0.268 e. The smallest absolute Gasteiger partial charge is 0.268 e. The minimum Gasteiger partial charge on any atom is -0.492 e.